The lowest BCUT2D eigenvalue weighted by Gasteiger charge is -2.20. The van der Waals surface area contributed by atoms with Gasteiger partial charge in [-0.25, -0.2) is 9.37 Å². The van der Waals surface area contributed by atoms with E-state index < -0.39 is 0 Å². The highest BCUT2D eigenvalue weighted by Crippen LogP contribution is 2.17. The van der Waals surface area contributed by atoms with Gasteiger partial charge in [-0.15, -0.1) is 0 Å². The molecule has 1 aromatic heterocycles. The van der Waals surface area contributed by atoms with Crippen molar-refractivity contribution < 1.29 is 9.18 Å². The van der Waals surface area contributed by atoms with E-state index in [1.807, 2.05) is 12.1 Å². The van der Waals surface area contributed by atoms with Crippen LogP contribution in [0, 0.1) is 5.82 Å². The molecule has 1 amide bonds. The fourth-order valence-electron chi connectivity index (χ4n) is 2.54. The quantitative estimate of drug-likeness (QED) is 0.771. The van der Waals surface area contributed by atoms with Crippen molar-refractivity contribution in [1.82, 2.24) is 10.3 Å². The molecule has 0 bridgehead atoms. The number of aromatic nitrogens is 1. The molecule has 0 fully saturated rings. The summed E-state index contributed by atoms with van der Waals surface area (Å²) in [6.45, 7) is 6.26. The minimum atomic E-state index is -0.387. The SMILES string of the molecule is CCN(CC)c1cc(CCC(=O)NCc2ccc(F)cc2Cl)ccn1. The first-order valence-corrected chi connectivity index (χ1v) is 8.81. The Kier molecular flexibility index (Phi) is 7.19. The van der Waals surface area contributed by atoms with E-state index in [1.165, 1.54) is 12.1 Å². The van der Waals surface area contributed by atoms with Gasteiger partial charge in [0.2, 0.25) is 5.91 Å². The molecule has 0 unspecified atom stereocenters. The summed E-state index contributed by atoms with van der Waals surface area (Å²) in [5, 5.41) is 3.14. The molecule has 1 aromatic carbocycles. The van der Waals surface area contributed by atoms with E-state index >= 15 is 0 Å². The van der Waals surface area contributed by atoms with Gasteiger partial charge < -0.3 is 10.2 Å². The summed E-state index contributed by atoms with van der Waals surface area (Å²) >= 11 is 5.96. The topological polar surface area (TPSA) is 45.2 Å². The molecule has 0 radical (unpaired) electrons. The van der Waals surface area contributed by atoms with E-state index in [0.717, 1.165) is 24.5 Å². The fraction of sp³-hybridized carbons (Fsp3) is 0.368. The van der Waals surface area contributed by atoms with Crippen LogP contribution < -0.4 is 10.2 Å². The number of amides is 1. The highest BCUT2D eigenvalue weighted by Gasteiger charge is 2.08. The maximum absolute atomic E-state index is 13.0. The number of anilines is 1. The van der Waals surface area contributed by atoms with Gasteiger partial charge in [0.15, 0.2) is 0 Å². The zero-order chi connectivity index (χ0) is 18.2. The molecule has 1 heterocycles. The predicted octanol–water partition coefficient (Wildman–Crippen LogP) is 3.97. The minimum absolute atomic E-state index is 0.0680. The summed E-state index contributed by atoms with van der Waals surface area (Å²) in [7, 11) is 0. The van der Waals surface area contributed by atoms with Gasteiger partial charge in [-0.3, -0.25) is 4.79 Å². The molecular formula is C19H23ClFN3O. The van der Waals surface area contributed by atoms with Gasteiger partial charge in [-0.2, -0.15) is 0 Å². The van der Waals surface area contributed by atoms with Gasteiger partial charge in [0.25, 0.3) is 0 Å². The number of carbonyl (C=O) groups excluding carboxylic acids is 1. The second-order valence-electron chi connectivity index (χ2n) is 5.71. The molecule has 4 nitrogen and oxygen atoms in total. The highest BCUT2D eigenvalue weighted by atomic mass is 35.5. The number of nitrogens with one attached hydrogen (secondary N) is 1. The third-order valence-corrected chi connectivity index (χ3v) is 4.38. The zero-order valence-electron chi connectivity index (χ0n) is 14.6. The monoisotopic (exact) mass is 363 g/mol. The second-order valence-corrected chi connectivity index (χ2v) is 6.11. The number of carbonyl (C=O) groups is 1. The molecule has 0 aliphatic heterocycles. The maximum Gasteiger partial charge on any atom is 0.220 e. The van der Waals surface area contributed by atoms with Gasteiger partial charge in [0, 0.05) is 37.3 Å². The van der Waals surface area contributed by atoms with Crippen molar-refractivity contribution in [2.24, 2.45) is 0 Å². The number of pyridine rings is 1. The molecule has 0 saturated carbocycles. The molecule has 25 heavy (non-hydrogen) atoms. The van der Waals surface area contributed by atoms with Crippen LogP contribution in [-0.4, -0.2) is 24.0 Å². The molecule has 0 atom stereocenters. The minimum Gasteiger partial charge on any atom is -0.357 e. The van der Waals surface area contributed by atoms with Crippen molar-refractivity contribution in [3.05, 3.63) is 58.5 Å². The summed E-state index contributed by atoms with van der Waals surface area (Å²) in [4.78, 5) is 18.6. The Balaban J connectivity index is 1.86. The van der Waals surface area contributed by atoms with Crippen LogP contribution in [-0.2, 0) is 17.8 Å². The number of aryl methyl sites for hydroxylation is 1. The standard InChI is InChI=1S/C19H23ClFN3O/c1-3-24(4-2)18-11-14(9-10-22-18)5-8-19(25)23-13-15-6-7-16(21)12-17(15)20/h6-7,9-12H,3-5,8,13H2,1-2H3,(H,23,25). The van der Waals surface area contributed by atoms with Gasteiger partial charge >= 0.3 is 0 Å². The summed E-state index contributed by atoms with van der Waals surface area (Å²) in [6.07, 6.45) is 2.79. The first-order chi connectivity index (χ1) is 12.0. The van der Waals surface area contributed by atoms with Crippen molar-refractivity contribution in [2.75, 3.05) is 18.0 Å². The molecule has 0 aliphatic rings. The lowest BCUT2D eigenvalue weighted by atomic mass is 10.1. The third kappa shape index (κ3) is 5.71. The Labute approximate surface area is 153 Å². The molecule has 2 rings (SSSR count). The zero-order valence-corrected chi connectivity index (χ0v) is 15.3. The first kappa shape index (κ1) is 19.2. The summed E-state index contributed by atoms with van der Waals surface area (Å²) < 4.78 is 13.0. The van der Waals surface area contributed by atoms with Gasteiger partial charge in [-0.05, 0) is 55.7 Å². The van der Waals surface area contributed by atoms with Crippen LogP contribution in [0.5, 0.6) is 0 Å². The highest BCUT2D eigenvalue weighted by molar-refractivity contribution is 6.31. The molecule has 2 aromatic rings. The fourth-order valence-corrected chi connectivity index (χ4v) is 2.78. The van der Waals surface area contributed by atoms with E-state index in [2.05, 4.69) is 29.0 Å². The maximum atomic E-state index is 13.0. The Morgan fingerprint density at radius 1 is 1.24 bits per heavy atom. The first-order valence-electron chi connectivity index (χ1n) is 8.44. The molecule has 0 saturated heterocycles. The average Bonchev–Trinajstić information content (AvgIpc) is 2.61. The molecule has 0 aliphatic carbocycles. The average molecular weight is 364 g/mol. The normalized spacial score (nSPS) is 10.6. The number of rotatable bonds is 8. The van der Waals surface area contributed by atoms with Crippen molar-refractivity contribution >= 4 is 23.3 Å². The van der Waals surface area contributed by atoms with Crippen molar-refractivity contribution in [3.8, 4) is 0 Å². The van der Waals surface area contributed by atoms with Crippen LogP contribution >= 0.6 is 11.6 Å². The predicted molar refractivity (Wildman–Crippen MR) is 99.4 cm³/mol. The molecule has 6 heteroatoms. The van der Waals surface area contributed by atoms with Crippen LogP contribution in [0.1, 0.15) is 31.4 Å². The molecule has 134 valence electrons. The van der Waals surface area contributed by atoms with Crippen molar-refractivity contribution in [2.45, 2.75) is 33.2 Å². The van der Waals surface area contributed by atoms with Gasteiger partial charge in [-0.1, -0.05) is 17.7 Å². The summed E-state index contributed by atoms with van der Waals surface area (Å²) in [5.41, 5.74) is 1.77. The lowest BCUT2D eigenvalue weighted by molar-refractivity contribution is -0.121. The lowest BCUT2D eigenvalue weighted by Crippen LogP contribution is -2.24. The number of hydrogen-bond donors (Lipinski definition) is 1. The smallest absolute Gasteiger partial charge is 0.220 e. The largest absolute Gasteiger partial charge is 0.357 e. The Morgan fingerprint density at radius 3 is 2.68 bits per heavy atom. The van der Waals surface area contributed by atoms with E-state index in [0.29, 0.717) is 30.0 Å². The van der Waals surface area contributed by atoms with Crippen LogP contribution in [0.3, 0.4) is 0 Å². The summed E-state index contributed by atoms with van der Waals surface area (Å²) in [5.74, 6) is 0.476. The van der Waals surface area contributed by atoms with Gasteiger partial charge in [0.1, 0.15) is 11.6 Å². The van der Waals surface area contributed by atoms with E-state index in [9.17, 15) is 9.18 Å². The Hall–Kier alpha value is -2.14. The number of halogens is 2. The number of benzene rings is 1. The third-order valence-electron chi connectivity index (χ3n) is 4.03. The van der Waals surface area contributed by atoms with E-state index in [4.69, 9.17) is 11.6 Å². The Bertz CT molecular complexity index is 720. The van der Waals surface area contributed by atoms with Crippen LogP contribution in [0.4, 0.5) is 10.2 Å². The van der Waals surface area contributed by atoms with Crippen LogP contribution in [0.2, 0.25) is 5.02 Å². The Morgan fingerprint density at radius 2 is 2.00 bits per heavy atom. The van der Waals surface area contributed by atoms with Gasteiger partial charge in [0.05, 0.1) is 0 Å². The van der Waals surface area contributed by atoms with Crippen molar-refractivity contribution in [1.29, 1.82) is 0 Å². The van der Waals surface area contributed by atoms with E-state index in [1.54, 1.807) is 12.3 Å². The van der Waals surface area contributed by atoms with Crippen molar-refractivity contribution in [3.63, 3.8) is 0 Å². The second kappa shape index (κ2) is 9.37. The number of hydrogen-bond acceptors (Lipinski definition) is 3. The molecule has 1 N–H and O–H groups in total. The summed E-state index contributed by atoms with van der Waals surface area (Å²) in [6, 6.07) is 8.11. The molecular weight excluding hydrogens is 341 g/mol. The van der Waals surface area contributed by atoms with Crippen LogP contribution in [0.15, 0.2) is 36.5 Å². The molecule has 0 spiro atoms. The number of nitrogens with zero attached hydrogens (tertiary/aromatic N) is 2. The van der Waals surface area contributed by atoms with E-state index in [-0.39, 0.29) is 11.7 Å². The van der Waals surface area contributed by atoms with Crippen LogP contribution in [0.25, 0.3) is 0 Å².